The van der Waals surface area contributed by atoms with E-state index >= 15 is 0 Å². The standard InChI is InChI=1S/C10H13F6NO3/c1-2-3-19-4-5-20-8(18)6(17)7(9(11,12)13)10(14,15)16/h2,6-7H,1,3-5,17H2. The van der Waals surface area contributed by atoms with Crippen LogP contribution in [-0.2, 0) is 14.3 Å². The summed E-state index contributed by atoms with van der Waals surface area (Å²) in [6.07, 6.45) is -10.0. The minimum atomic E-state index is -5.70. The Morgan fingerprint density at radius 3 is 2.05 bits per heavy atom. The highest BCUT2D eigenvalue weighted by Crippen LogP contribution is 2.41. The molecule has 118 valence electrons. The van der Waals surface area contributed by atoms with Crippen LogP contribution < -0.4 is 5.73 Å². The summed E-state index contributed by atoms with van der Waals surface area (Å²) >= 11 is 0. The first-order valence-electron chi connectivity index (χ1n) is 5.26. The van der Waals surface area contributed by atoms with Crippen molar-refractivity contribution in [1.82, 2.24) is 0 Å². The Hall–Kier alpha value is -1.29. The highest BCUT2D eigenvalue weighted by atomic mass is 19.4. The van der Waals surface area contributed by atoms with Gasteiger partial charge in [0.25, 0.3) is 0 Å². The molecular weight excluding hydrogens is 296 g/mol. The molecule has 0 amide bonds. The minimum absolute atomic E-state index is 0.0946. The van der Waals surface area contributed by atoms with Gasteiger partial charge in [0.1, 0.15) is 12.6 Å². The molecule has 0 aliphatic carbocycles. The summed E-state index contributed by atoms with van der Waals surface area (Å²) in [5.74, 6) is -5.77. The minimum Gasteiger partial charge on any atom is -0.462 e. The molecule has 0 heterocycles. The van der Waals surface area contributed by atoms with E-state index in [1.54, 1.807) is 0 Å². The van der Waals surface area contributed by atoms with Gasteiger partial charge in [-0.3, -0.25) is 4.79 Å². The zero-order valence-corrected chi connectivity index (χ0v) is 10.1. The number of hydrogen-bond acceptors (Lipinski definition) is 4. The van der Waals surface area contributed by atoms with Gasteiger partial charge >= 0.3 is 18.3 Å². The molecule has 0 aromatic heterocycles. The van der Waals surface area contributed by atoms with Crippen molar-refractivity contribution in [3.8, 4) is 0 Å². The van der Waals surface area contributed by atoms with E-state index < -0.39 is 36.9 Å². The summed E-state index contributed by atoms with van der Waals surface area (Å²) in [7, 11) is 0. The number of hydrogen-bond donors (Lipinski definition) is 1. The zero-order valence-electron chi connectivity index (χ0n) is 10.1. The van der Waals surface area contributed by atoms with E-state index in [0.29, 0.717) is 0 Å². The van der Waals surface area contributed by atoms with Crippen LogP contribution in [0.15, 0.2) is 12.7 Å². The van der Waals surface area contributed by atoms with Gasteiger partial charge in [-0.1, -0.05) is 6.08 Å². The van der Waals surface area contributed by atoms with Crippen LogP contribution in [0.4, 0.5) is 26.3 Å². The van der Waals surface area contributed by atoms with Crippen LogP contribution in [0.5, 0.6) is 0 Å². The lowest BCUT2D eigenvalue weighted by molar-refractivity contribution is -0.289. The van der Waals surface area contributed by atoms with Crippen molar-refractivity contribution in [2.24, 2.45) is 11.7 Å². The Balaban J connectivity index is 4.55. The molecule has 2 N–H and O–H groups in total. The van der Waals surface area contributed by atoms with Crippen LogP contribution in [0.3, 0.4) is 0 Å². The summed E-state index contributed by atoms with van der Waals surface area (Å²) in [6, 6.07) is -2.88. The quantitative estimate of drug-likeness (QED) is 0.337. The van der Waals surface area contributed by atoms with Crippen molar-refractivity contribution in [3.63, 3.8) is 0 Å². The van der Waals surface area contributed by atoms with Gasteiger partial charge in [-0.15, -0.1) is 6.58 Å². The van der Waals surface area contributed by atoms with E-state index in [1.165, 1.54) is 6.08 Å². The fraction of sp³-hybridized carbons (Fsp3) is 0.700. The van der Waals surface area contributed by atoms with Crippen molar-refractivity contribution in [3.05, 3.63) is 12.7 Å². The molecule has 0 aliphatic heterocycles. The molecule has 4 nitrogen and oxygen atoms in total. The van der Waals surface area contributed by atoms with Gasteiger partial charge in [-0.2, -0.15) is 26.3 Å². The molecule has 0 aromatic rings. The Labute approximate surface area is 110 Å². The first-order chi connectivity index (χ1) is 9.01. The summed E-state index contributed by atoms with van der Waals surface area (Å²) in [5.41, 5.74) is 4.70. The van der Waals surface area contributed by atoms with Gasteiger partial charge in [0.2, 0.25) is 0 Å². The van der Waals surface area contributed by atoms with Gasteiger partial charge in [0.15, 0.2) is 5.92 Å². The molecule has 1 unspecified atom stereocenters. The number of alkyl halides is 6. The van der Waals surface area contributed by atoms with Crippen LogP contribution in [-0.4, -0.2) is 44.2 Å². The lowest BCUT2D eigenvalue weighted by atomic mass is 9.99. The lowest BCUT2D eigenvalue weighted by Crippen LogP contribution is -2.53. The fourth-order valence-electron chi connectivity index (χ4n) is 1.19. The molecule has 1 atom stereocenters. The molecule has 0 spiro atoms. The number of nitrogens with two attached hydrogens (primary N) is 1. The first-order valence-corrected chi connectivity index (χ1v) is 5.26. The first kappa shape index (κ1) is 18.7. The number of rotatable bonds is 7. The highest BCUT2D eigenvalue weighted by molar-refractivity contribution is 5.76. The molecule has 0 aromatic carbocycles. The Bertz CT molecular complexity index is 314. The molecule has 0 radical (unpaired) electrons. The zero-order chi connectivity index (χ0) is 16.0. The van der Waals surface area contributed by atoms with Crippen LogP contribution in [0.1, 0.15) is 0 Å². The lowest BCUT2D eigenvalue weighted by Gasteiger charge is -2.26. The third-order valence-electron chi connectivity index (χ3n) is 2.04. The van der Waals surface area contributed by atoms with Gasteiger partial charge < -0.3 is 15.2 Å². The van der Waals surface area contributed by atoms with Crippen LogP contribution in [0.25, 0.3) is 0 Å². The van der Waals surface area contributed by atoms with E-state index in [2.05, 4.69) is 11.3 Å². The van der Waals surface area contributed by atoms with E-state index in [9.17, 15) is 31.1 Å². The van der Waals surface area contributed by atoms with Crippen LogP contribution in [0, 0.1) is 5.92 Å². The van der Waals surface area contributed by atoms with Crippen molar-refractivity contribution in [2.75, 3.05) is 19.8 Å². The normalized spacial score (nSPS) is 14.2. The molecule has 0 bridgehead atoms. The summed E-state index contributed by atoms with van der Waals surface area (Å²) in [4.78, 5) is 11.1. The molecule has 0 saturated carbocycles. The third kappa shape index (κ3) is 6.24. The predicted molar refractivity (Wildman–Crippen MR) is 55.6 cm³/mol. The Kier molecular flexibility index (Phi) is 7.00. The Morgan fingerprint density at radius 1 is 1.15 bits per heavy atom. The Morgan fingerprint density at radius 2 is 1.65 bits per heavy atom. The SMILES string of the molecule is C=CCOCCOC(=O)C(N)C(C(F)(F)F)C(F)(F)F. The average Bonchev–Trinajstić information content (AvgIpc) is 2.24. The van der Waals surface area contributed by atoms with Crippen molar-refractivity contribution < 1.29 is 40.6 Å². The second-order valence-electron chi connectivity index (χ2n) is 3.62. The summed E-state index contributed by atoms with van der Waals surface area (Å²) in [5, 5.41) is 0. The van der Waals surface area contributed by atoms with Gasteiger partial charge in [0.05, 0.1) is 13.2 Å². The van der Waals surface area contributed by atoms with Crippen molar-refractivity contribution in [1.29, 1.82) is 0 Å². The van der Waals surface area contributed by atoms with E-state index in [1.807, 2.05) is 0 Å². The number of carbonyl (C=O) groups excluding carboxylic acids is 1. The van der Waals surface area contributed by atoms with Crippen molar-refractivity contribution in [2.45, 2.75) is 18.4 Å². The maximum absolute atomic E-state index is 12.3. The fourth-order valence-corrected chi connectivity index (χ4v) is 1.19. The van der Waals surface area contributed by atoms with Crippen LogP contribution >= 0.6 is 0 Å². The number of ether oxygens (including phenoxy) is 2. The molecule has 0 fully saturated rings. The van der Waals surface area contributed by atoms with E-state index in [0.717, 1.165) is 0 Å². The third-order valence-corrected chi connectivity index (χ3v) is 2.04. The largest absolute Gasteiger partial charge is 0.462 e. The number of esters is 1. The average molecular weight is 309 g/mol. The number of carbonyl (C=O) groups is 1. The smallest absolute Gasteiger partial charge is 0.402 e. The molecule has 0 rings (SSSR count). The predicted octanol–water partition coefficient (Wildman–Crippen LogP) is 1.80. The maximum Gasteiger partial charge on any atom is 0.402 e. The van der Waals surface area contributed by atoms with Gasteiger partial charge in [-0.25, -0.2) is 0 Å². The molecule has 10 heteroatoms. The molecule has 0 saturated heterocycles. The molecular formula is C10H13F6NO3. The summed E-state index contributed by atoms with van der Waals surface area (Å²) < 4.78 is 82.6. The molecule has 20 heavy (non-hydrogen) atoms. The second-order valence-corrected chi connectivity index (χ2v) is 3.62. The second kappa shape index (κ2) is 7.48. The monoisotopic (exact) mass is 309 g/mol. The highest BCUT2D eigenvalue weighted by Gasteiger charge is 2.61. The number of halogens is 6. The molecule has 0 aliphatic rings. The maximum atomic E-state index is 12.3. The van der Waals surface area contributed by atoms with Crippen molar-refractivity contribution >= 4 is 5.97 Å². The topological polar surface area (TPSA) is 61.5 Å². The van der Waals surface area contributed by atoms with Crippen LogP contribution in [0.2, 0.25) is 0 Å². The van der Waals surface area contributed by atoms with Gasteiger partial charge in [-0.05, 0) is 0 Å². The summed E-state index contributed by atoms with van der Waals surface area (Å²) in [6.45, 7) is 2.68. The van der Waals surface area contributed by atoms with E-state index in [4.69, 9.17) is 10.5 Å². The van der Waals surface area contributed by atoms with Gasteiger partial charge in [0, 0.05) is 0 Å². The van der Waals surface area contributed by atoms with E-state index in [-0.39, 0.29) is 13.2 Å².